The number of aromatic nitrogens is 2. The quantitative estimate of drug-likeness (QED) is 0.423. The minimum Gasteiger partial charge on any atom is -0.436 e. The molecule has 0 unspecified atom stereocenters. The molecule has 0 bridgehead atoms. The van der Waals surface area contributed by atoms with Crippen LogP contribution in [0.25, 0.3) is 44.4 Å². The number of nitrogens with zero attached hydrogens (tertiary/aromatic N) is 2. The molecule has 2 heterocycles. The summed E-state index contributed by atoms with van der Waals surface area (Å²) in [5.41, 5.74) is 5.24. The van der Waals surface area contributed by atoms with Gasteiger partial charge in [-0.05, 0) is 43.3 Å². The molecule has 0 aliphatic rings. The number of oxazole rings is 1. The molecule has 0 atom stereocenters. The number of rotatable bonds is 2. The van der Waals surface area contributed by atoms with E-state index in [1.807, 2.05) is 24.3 Å². The van der Waals surface area contributed by atoms with Crippen molar-refractivity contribution < 1.29 is 4.42 Å². The Hall–Kier alpha value is -3.07. The van der Waals surface area contributed by atoms with Crippen LogP contribution in [0.4, 0.5) is 0 Å². The molecule has 0 aliphatic carbocycles. The van der Waals surface area contributed by atoms with Crippen molar-refractivity contribution in [1.29, 1.82) is 0 Å². The summed E-state index contributed by atoms with van der Waals surface area (Å²) in [6.45, 7) is 3.13. The maximum atomic E-state index is 5.93. The van der Waals surface area contributed by atoms with Crippen molar-refractivity contribution in [1.82, 2.24) is 9.55 Å². The summed E-state index contributed by atoms with van der Waals surface area (Å²) in [6, 6.07) is 22.9. The molecular weight excluding hydrogens is 296 g/mol. The average molecular weight is 312 g/mol. The third-order valence-electron chi connectivity index (χ3n) is 4.63. The highest BCUT2D eigenvalue weighted by molar-refractivity contribution is 6.09. The van der Waals surface area contributed by atoms with Gasteiger partial charge in [0.25, 0.3) is 0 Å². The number of para-hydroxylation sites is 3. The normalized spacial score (nSPS) is 11.7. The molecule has 5 rings (SSSR count). The molecule has 3 nitrogen and oxygen atoms in total. The number of hydrogen-bond donors (Lipinski definition) is 0. The monoisotopic (exact) mass is 312 g/mol. The van der Waals surface area contributed by atoms with Crippen LogP contribution in [-0.2, 0) is 6.54 Å². The van der Waals surface area contributed by atoms with Gasteiger partial charge in [0.2, 0.25) is 5.89 Å². The van der Waals surface area contributed by atoms with Gasteiger partial charge in [-0.3, -0.25) is 0 Å². The summed E-state index contributed by atoms with van der Waals surface area (Å²) in [4.78, 5) is 4.62. The lowest BCUT2D eigenvalue weighted by Gasteiger charge is -2.02. The van der Waals surface area contributed by atoms with Crippen LogP contribution in [0.15, 0.2) is 71.1 Å². The molecule has 0 saturated carbocycles. The predicted molar refractivity (Wildman–Crippen MR) is 98.1 cm³/mol. The third-order valence-corrected chi connectivity index (χ3v) is 4.63. The fourth-order valence-electron chi connectivity index (χ4n) is 3.52. The first kappa shape index (κ1) is 13.4. The summed E-state index contributed by atoms with van der Waals surface area (Å²) < 4.78 is 8.28. The van der Waals surface area contributed by atoms with Crippen LogP contribution in [0.1, 0.15) is 6.92 Å². The fourth-order valence-corrected chi connectivity index (χ4v) is 3.52. The topological polar surface area (TPSA) is 31.0 Å². The highest BCUT2D eigenvalue weighted by Crippen LogP contribution is 2.33. The van der Waals surface area contributed by atoms with Crippen LogP contribution in [0.2, 0.25) is 0 Å². The number of benzene rings is 3. The highest BCUT2D eigenvalue weighted by atomic mass is 16.3. The van der Waals surface area contributed by atoms with Crippen LogP contribution in [0, 0.1) is 0 Å². The van der Waals surface area contributed by atoms with Gasteiger partial charge in [-0.15, -0.1) is 0 Å². The van der Waals surface area contributed by atoms with Crippen LogP contribution >= 0.6 is 0 Å². The van der Waals surface area contributed by atoms with Crippen molar-refractivity contribution in [2.75, 3.05) is 0 Å². The molecule has 0 amide bonds. The minimum absolute atomic E-state index is 0.673. The second kappa shape index (κ2) is 4.96. The lowest BCUT2D eigenvalue weighted by Crippen LogP contribution is -1.92. The van der Waals surface area contributed by atoms with Gasteiger partial charge in [0, 0.05) is 33.9 Å². The minimum atomic E-state index is 0.673. The lowest BCUT2D eigenvalue weighted by atomic mass is 10.1. The maximum Gasteiger partial charge on any atom is 0.227 e. The Morgan fingerprint density at radius 1 is 0.875 bits per heavy atom. The molecule has 2 aromatic heterocycles. The summed E-state index contributed by atoms with van der Waals surface area (Å²) in [5.74, 6) is 0.673. The van der Waals surface area contributed by atoms with E-state index in [0.717, 1.165) is 23.2 Å². The summed E-state index contributed by atoms with van der Waals surface area (Å²) in [7, 11) is 0. The van der Waals surface area contributed by atoms with Crippen LogP contribution < -0.4 is 0 Å². The molecule has 0 radical (unpaired) electrons. The average Bonchev–Trinajstić information content (AvgIpc) is 3.20. The van der Waals surface area contributed by atoms with E-state index < -0.39 is 0 Å². The molecule has 3 aromatic carbocycles. The first-order valence-corrected chi connectivity index (χ1v) is 8.22. The molecule has 0 fully saturated rings. The predicted octanol–water partition coefficient (Wildman–Crippen LogP) is 5.62. The molecule has 0 N–H and O–H groups in total. The molecular formula is C21H16N2O. The molecule has 0 spiro atoms. The van der Waals surface area contributed by atoms with E-state index in [1.54, 1.807) is 0 Å². The Labute approximate surface area is 139 Å². The van der Waals surface area contributed by atoms with E-state index in [9.17, 15) is 0 Å². The van der Waals surface area contributed by atoms with E-state index in [2.05, 4.69) is 58.9 Å². The first-order valence-electron chi connectivity index (χ1n) is 8.22. The summed E-state index contributed by atoms with van der Waals surface area (Å²) >= 11 is 0. The number of hydrogen-bond acceptors (Lipinski definition) is 2. The van der Waals surface area contributed by atoms with Crippen molar-refractivity contribution in [3.8, 4) is 11.5 Å². The second-order valence-corrected chi connectivity index (χ2v) is 5.98. The van der Waals surface area contributed by atoms with Crippen molar-refractivity contribution >= 4 is 32.9 Å². The zero-order chi connectivity index (χ0) is 16.1. The molecule has 116 valence electrons. The summed E-state index contributed by atoms with van der Waals surface area (Å²) in [5, 5.41) is 2.51. The Kier molecular flexibility index (Phi) is 2.77. The standard InChI is InChI=1S/C21H16N2O/c1-2-23-18-9-5-3-7-15(18)16-13-14(11-12-19(16)23)21-22-17-8-4-6-10-20(17)24-21/h3-13H,2H2,1H3. The van der Waals surface area contributed by atoms with E-state index in [0.29, 0.717) is 5.89 Å². The van der Waals surface area contributed by atoms with E-state index in [-0.39, 0.29) is 0 Å². The van der Waals surface area contributed by atoms with E-state index >= 15 is 0 Å². The lowest BCUT2D eigenvalue weighted by molar-refractivity contribution is 0.620. The van der Waals surface area contributed by atoms with Crippen LogP contribution in [-0.4, -0.2) is 9.55 Å². The molecule has 0 aliphatic heterocycles. The van der Waals surface area contributed by atoms with Gasteiger partial charge in [-0.1, -0.05) is 30.3 Å². The molecule has 3 heteroatoms. The second-order valence-electron chi connectivity index (χ2n) is 5.98. The van der Waals surface area contributed by atoms with Gasteiger partial charge in [0.1, 0.15) is 5.52 Å². The molecule has 24 heavy (non-hydrogen) atoms. The zero-order valence-electron chi connectivity index (χ0n) is 13.4. The summed E-state index contributed by atoms with van der Waals surface area (Å²) in [6.07, 6.45) is 0. The van der Waals surface area contributed by atoms with E-state index in [4.69, 9.17) is 4.42 Å². The van der Waals surface area contributed by atoms with Crippen molar-refractivity contribution in [3.05, 3.63) is 66.7 Å². The highest BCUT2D eigenvalue weighted by Gasteiger charge is 2.13. The zero-order valence-corrected chi connectivity index (χ0v) is 13.4. The van der Waals surface area contributed by atoms with Gasteiger partial charge < -0.3 is 8.98 Å². The fraction of sp³-hybridized carbons (Fsp3) is 0.0952. The number of aryl methyl sites for hydroxylation is 1. The maximum absolute atomic E-state index is 5.93. The Morgan fingerprint density at radius 2 is 1.67 bits per heavy atom. The van der Waals surface area contributed by atoms with Gasteiger partial charge >= 0.3 is 0 Å². The smallest absolute Gasteiger partial charge is 0.227 e. The van der Waals surface area contributed by atoms with Crippen LogP contribution in [0.3, 0.4) is 0 Å². The first-order chi connectivity index (χ1) is 11.8. The SMILES string of the molecule is CCn1c2ccccc2c2cc(-c3nc4ccccc4o3)ccc21. The number of fused-ring (bicyclic) bond motifs is 4. The largest absolute Gasteiger partial charge is 0.436 e. The molecule has 0 saturated heterocycles. The third kappa shape index (κ3) is 1.81. The van der Waals surface area contributed by atoms with Crippen molar-refractivity contribution in [3.63, 3.8) is 0 Å². The molecule has 5 aromatic rings. The van der Waals surface area contributed by atoms with E-state index in [1.165, 1.54) is 21.8 Å². The van der Waals surface area contributed by atoms with Crippen LogP contribution in [0.5, 0.6) is 0 Å². The Balaban J connectivity index is 1.80. The Bertz CT molecular complexity index is 1160. The van der Waals surface area contributed by atoms with Gasteiger partial charge in [0.05, 0.1) is 0 Å². The van der Waals surface area contributed by atoms with Gasteiger partial charge in [0.15, 0.2) is 5.58 Å². The van der Waals surface area contributed by atoms with Crippen molar-refractivity contribution in [2.45, 2.75) is 13.5 Å². The Morgan fingerprint density at radius 3 is 2.54 bits per heavy atom. The van der Waals surface area contributed by atoms with Crippen molar-refractivity contribution in [2.24, 2.45) is 0 Å². The van der Waals surface area contributed by atoms with Gasteiger partial charge in [-0.25, -0.2) is 4.98 Å². The van der Waals surface area contributed by atoms with Gasteiger partial charge in [-0.2, -0.15) is 0 Å².